The molecule has 0 bridgehead atoms. The van der Waals surface area contributed by atoms with E-state index in [0.29, 0.717) is 37.2 Å². The Bertz CT molecular complexity index is 289. The highest BCUT2D eigenvalue weighted by Crippen LogP contribution is 2.23. The Morgan fingerprint density at radius 2 is 1.29 bits per heavy atom. The van der Waals surface area contributed by atoms with E-state index in [4.69, 9.17) is 0 Å². The molecule has 0 spiro atoms. The predicted octanol–water partition coefficient (Wildman–Crippen LogP) is 1.73. The third-order valence-corrected chi connectivity index (χ3v) is 2.98. The van der Waals surface area contributed by atoms with Gasteiger partial charge >= 0.3 is 0 Å². The van der Waals surface area contributed by atoms with Gasteiger partial charge in [-0.05, 0) is 12.8 Å². The first kappa shape index (κ1) is 9.45. The predicted molar refractivity (Wildman–Crippen MR) is 52.5 cm³/mol. The average molecular weight is 190 g/mol. The summed E-state index contributed by atoms with van der Waals surface area (Å²) >= 11 is 0. The molecule has 2 aliphatic carbocycles. The van der Waals surface area contributed by atoms with Crippen molar-refractivity contribution in [2.75, 3.05) is 0 Å². The van der Waals surface area contributed by atoms with Crippen molar-refractivity contribution in [3.05, 3.63) is 0 Å². The van der Waals surface area contributed by atoms with Gasteiger partial charge in [-0.2, -0.15) is 0 Å². The molecule has 2 unspecified atom stereocenters. The minimum atomic E-state index is 0.276. The highest BCUT2D eigenvalue weighted by atomic mass is 16.1. The second kappa shape index (κ2) is 3.96. The lowest BCUT2D eigenvalue weighted by atomic mass is 10.1. The Balaban J connectivity index is 1.87. The number of hydrogen-bond donors (Lipinski definition) is 0. The molecule has 0 radical (unpaired) electrons. The number of hydrogen-bond acceptors (Lipinski definition) is 2. The molecule has 0 heterocycles. The minimum Gasteiger partial charge on any atom is -0.300 e. The second-order valence-corrected chi connectivity index (χ2v) is 4.25. The van der Waals surface area contributed by atoms with E-state index < -0.39 is 0 Å². The summed E-state index contributed by atoms with van der Waals surface area (Å²) in [6, 6.07) is 0. The first-order valence-electron chi connectivity index (χ1n) is 5.28. The fourth-order valence-electron chi connectivity index (χ4n) is 2.11. The van der Waals surface area contributed by atoms with E-state index in [1.807, 2.05) is 0 Å². The molecule has 0 saturated heterocycles. The fourth-order valence-corrected chi connectivity index (χ4v) is 2.11. The molecule has 0 aliphatic heterocycles. The van der Waals surface area contributed by atoms with Gasteiger partial charge in [0.2, 0.25) is 0 Å². The smallest absolute Gasteiger partial charge is 0.134 e. The summed E-state index contributed by atoms with van der Waals surface area (Å²) in [5, 5.41) is 0. The molecule has 2 saturated carbocycles. The Morgan fingerprint density at radius 1 is 0.857 bits per heavy atom. The maximum atomic E-state index is 11.0. The molecule has 0 amide bonds. The van der Waals surface area contributed by atoms with Gasteiger partial charge in [0.15, 0.2) is 0 Å². The zero-order chi connectivity index (χ0) is 9.97. The maximum Gasteiger partial charge on any atom is 0.134 e. The van der Waals surface area contributed by atoms with E-state index in [0.717, 1.165) is 12.8 Å². The van der Waals surface area contributed by atoms with E-state index in [2.05, 4.69) is 11.8 Å². The molecular formula is C12H14O2. The Morgan fingerprint density at radius 3 is 1.57 bits per heavy atom. The van der Waals surface area contributed by atoms with E-state index in [1.165, 1.54) is 0 Å². The molecule has 2 rings (SSSR count). The quantitative estimate of drug-likeness (QED) is 0.545. The third-order valence-electron chi connectivity index (χ3n) is 2.98. The van der Waals surface area contributed by atoms with Crippen molar-refractivity contribution in [3.8, 4) is 11.8 Å². The highest BCUT2D eigenvalue weighted by Gasteiger charge is 2.22. The van der Waals surface area contributed by atoms with Crippen molar-refractivity contribution < 1.29 is 9.59 Å². The first-order chi connectivity index (χ1) is 6.74. The summed E-state index contributed by atoms with van der Waals surface area (Å²) in [5.41, 5.74) is 0. The highest BCUT2D eigenvalue weighted by molar-refractivity contribution is 5.82. The topological polar surface area (TPSA) is 34.1 Å². The van der Waals surface area contributed by atoms with Crippen molar-refractivity contribution >= 4 is 11.6 Å². The van der Waals surface area contributed by atoms with E-state index >= 15 is 0 Å². The fraction of sp³-hybridized carbons (Fsp3) is 0.667. The van der Waals surface area contributed by atoms with Crippen LogP contribution in [0.5, 0.6) is 0 Å². The summed E-state index contributed by atoms with van der Waals surface area (Å²) in [6.07, 6.45) is 4.51. The van der Waals surface area contributed by atoms with Gasteiger partial charge in [-0.3, -0.25) is 9.59 Å². The van der Waals surface area contributed by atoms with E-state index in [1.54, 1.807) is 0 Å². The van der Waals surface area contributed by atoms with Crippen LogP contribution in [-0.4, -0.2) is 11.6 Å². The van der Waals surface area contributed by atoms with Crippen molar-refractivity contribution in [2.24, 2.45) is 11.8 Å². The number of carbonyl (C=O) groups is 2. The lowest BCUT2D eigenvalue weighted by Crippen LogP contribution is -1.94. The van der Waals surface area contributed by atoms with Gasteiger partial charge in [-0.15, -0.1) is 0 Å². The molecule has 74 valence electrons. The number of rotatable bonds is 0. The van der Waals surface area contributed by atoms with Crippen molar-refractivity contribution in [1.82, 2.24) is 0 Å². The van der Waals surface area contributed by atoms with Crippen LogP contribution in [0.3, 0.4) is 0 Å². The summed E-state index contributed by atoms with van der Waals surface area (Å²) < 4.78 is 0. The zero-order valence-electron chi connectivity index (χ0n) is 8.21. The van der Waals surface area contributed by atoms with Gasteiger partial charge in [-0.25, -0.2) is 0 Å². The molecule has 14 heavy (non-hydrogen) atoms. The van der Waals surface area contributed by atoms with Gasteiger partial charge in [-0.1, -0.05) is 11.8 Å². The molecular weight excluding hydrogens is 176 g/mol. The maximum absolute atomic E-state index is 11.0. The lowest BCUT2D eigenvalue weighted by Gasteiger charge is -1.97. The van der Waals surface area contributed by atoms with Gasteiger partial charge in [0.1, 0.15) is 11.6 Å². The Hall–Kier alpha value is -1.10. The van der Waals surface area contributed by atoms with E-state index in [9.17, 15) is 9.59 Å². The summed E-state index contributed by atoms with van der Waals surface area (Å²) in [6.45, 7) is 0. The second-order valence-electron chi connectivity index (χ2n) is 4.25. The normalized spacial score (nSPS) is 31.7. The summed E-state index contributed by atoms with van der Waals surface area (Å²) in [7, 11) is 0. The standard InChI is InChI=1S/C12H14O2/c13-11-5-3-9(7-11)1-2-10-4-6-12(14)8-10/h9-10H,3-8H2. The molecule has 2 heteroatoms. The first-order valence-corrected chi connectivity index (χ1v) is 5.28. The molecule has 2 aliphatic rings. The molecule has 0 N–H and O–H groups in total. The van der Waals surface area contributed by atoms with Crippen LogP contribution in [0.1, 0.15) is 38.5 Å². The SMILES string of the molecule is O=C1CCC(C#CC2CCC(=O)C2)C1. The molecule has 0 aromatic heterocycles. The number of Topliss-reactive ketones (excluding diaryl/α,β-unsaturated/α-hetero) is 2. The van der Waals surface area contributed by atoms with Crippen molar-refractivity contribution in [2.45, 2.75) is 38.5 Å². The minimum absolute atomic E-state index is 0.276. The van der Waals surface area contributed by atoms with Crippen LogP contribution in [0.25, 0.3) is 0 Å². The Kier molecular flexibility index (Phi) is 2.67. The van der Waals surface area contributed by atoms with Crippen LogP contribution in [0.15, 0.2) is 0 Å². The van der Waals surface area contributed by atoms with Crippen LogP contribution in [0, 0.1) is 23.7 Å². The molecule has 0 aromatic carbocycles. The van der Waals surface area contributed by atoms with Crippen LogP contribution in [0.4, 0.5) is 0 Å². The zero-order valence-corrected chi connectivity index (χ0v) is 8.21. The van der Waals surface area contributed by atoms with Crippen LogP contribution < -0.4 is 0 Å². The lowest BCUT2D eigenvalue weighted by molar-refractivity contribution is -0.118. The van der Waals surface area contributed by atoms with Crippen LogP contribution >= 0.6 is 0 Å². The molecule has 0 aromatic rings. The molecule has 2 atom stereocenters. The summed E-state index contributed by atoms with van der Waals surface area (Å²) in [5.74, 6) is 7.53. The van der Waals surface area contributed by atoms with Crippen molar-refractivity contribution in [3.63, 3.8) is 0 Å². The van der Waals surface area contributed by atoms with E-state index in [-0.39, 0.29) is 11.8 Å². The van der Waals surface area contributed by atoms with Gasteiger partial charge < -0.3 is 0 Å². The van der Waals surface area contributed by atoms with Gasteiger partial charge in [0, 0.05) is 37.5 Å². The average Bonchev–Trinajstić information content (AvgIpc) is 2.72. The molecule has 2 fully saturated rings. The van der Waals surface area contributed by atoms with Crippen LogP contribution in [-0.2, 0) is 9.59 Å². The van der Waals surface area contributed by atoms with Gasteiger partial charge in [0.05, 0.1) is 0 Å². The summed E-state index contributed by atoms with van der Waals surface area (Å²) in [4.78, 5) is 22.0. The van der Waals surface area contributed by atoms with Crippen molar-refractivity contribution in [1.29, 1.82) is 0 Å². The largest absolute Gasteiger partial charge is 0.300 e. The molecule has 2 nitrogen and oxygen atoms in total. The van der Waals surface area contributed by atoms with Crippen LogP contribution in [0.2, 0.25) is 0 Å². The van der Waals surface area contributed by atoms with Gasteiger partial charge in [0.25, 0.3) is 0 Å². The number of carbonyl (C=O) groups excluding carboxylic acids is 2. The number of ketones is 2. The Labute approximate surface area is 84.1 Å². The third kappa shape index (κ3) is 2.23. The monoisotopic (exact) mass is 190 g/mol.